The first-order valence-electron chi connectivity index (χ1n) is 19.0. The van der Waals surface area contributed by atoms with Gasteiger partial charge in [0.05, 0.1) is 0 Å². The summed E-state index contributed by atoms with van der Waals surface area (Å²) in [5.41, 5.74) is 11.6. The van der Waals surface area contributed by atoms with Crippen LogP contribution in [-0.4, -0.2) is 11.6 Å². The van der Waals surface area contributed by atoms with E-state index in [0.717, 1.165) is 66.8 Å². The van der Waals surface area contributed by atoms with Crippen molar-refractivity contribution in [3.63, 3.8) is 0 Å². The minimum atomic E-state index is -0.398. The molecule has 0 atom stereocenters. The molecule has 3 nitrogen and oxygen atoms in total. The van der Waals surface area contributed by atoms with Crippen molar-refractivity contribution in [2.45, 2.75) is 55.4 Å². The molecule has 0 spiro atoms. The Morgan fingerprint density at radius 3 is 1.11 bits per heavy atom. The Bertz CT molecular complexity index is 2300. The normalized spacial score (nSPS) is 16.9. The van der Waals surface area contributed by atoms with Gasteiger partial charge in [-0.2, -0.15) is 0 Å². The van der Waals surface area contributed by atoms with E-state index in [2.05, 4.69) is 104 Å². The van der Waals surface area contributed by atoms with Crippen LogP contribution in [0.1, 0.15) is 86.4 Å². The van der Waals surface area contributed by atoms with E-state index in [0.29, 0.717) is 22.7 Å². The van der Waals surface area contributed by atoms with Crippen molar-refractivity contribution in [1.29, 1.82) is 0 Å². The summed E-state index contributed by atoms with van der Waals surface area (Å²) in [6.45, 7) is 16.7. The minimum Gasteiger partial charge on any atom is -0.456 e. The van der Waals surface area contributed by atoms with E-state index in [1.165, 1.54) is 0 Å². The maximum atomic E-state index is 14.1. The molecule has 2 aliphatic rings. The van der Waals surface area contributed by atoms with E-state index >= 15 is 0 Å². The van der Waals surface area contributed by atoms with Gasteiger partial charge in [0.1, 0.15) is 11.5 Å². The predicted molar refractivity (Wildman–Crippen MR) is 227 cm³/mol. The van der Waals surface area contributed by atoms with E-state index in [9.17, 15) is 9.59 Å². The summed E-state index contributed by atoms with van der Waals surface area (Å²) in [4.78, 5) is 28.3. The lowest BCUT2D eigenvalue weighted by Crippen LogP contribution is -2.22. The lowest BCUT2D eigenvalue weighted by atomic mass is 9.75. The van der Waals surface area contributed by atoms with Crippen molar-refractivity contribution in [3.05, 3.63) is 213 Å². The molecule has 7 rings (SSSR count). The molecule has 1 aromatic heterocycles. The van der Waals surface area contributed by atoms with Crippen molar-refractivity contribution in [2.24, 2.45) is 10.8 Å². The molecular weight excluding hydrogens is 673 g/mol. The first-order valence-corrected chi connectivity index (χ1v) is 19.0. The number of carbonyl (C=O) groups is 2. The van der Waals surface area contributed by atoms with E-state index in [1.54, 1.807) is 0 Å². The van der Waals surface area contributed by atoms with Crippen molar-refractivity contribution >= 4 is 33.9 Å². The van der Waals surface area contributed by atoms with Crippen LogP contribution in [0.15, 0.2) is 172 Å². The van der Waals surface area contributed by atoms with Crippen molar-refractivity contribution in [2.75, 3.05) is 0 Å². The Morgan fingerprint density at radius 2 is 0.782 bits per heavy atom. The van der Waals surface area contributed by atoms with Crippen molar-refractivity contribution < 1.29 is 14.0 Å². The van der Waals surface area contributed by atoms with Crippen LogP contribution in [0.5, 0.6) is 0 Å². The number of ketones is 2. The molecule has 0 radical (unpaired) electrons. The molecule has 0 saturated carbocycles. The molecule has 0 N–H and O–H groups in total. The topological polar surface area (TPSA) is 47.3 Å². The average molecular weight is 721 g/mol. The van der Waals surface area contributed by atoms with E-state index in [4.69, 9.17) is 4.42 Å². The fraction of sp³-hybridized carbons (Fsp3) is 0.192. The van der Waals surface area contributed by atoms with Crippen LogP contribution >= 0.6 is 0 Å². The Hall–Kier alpha value is -6.06. The fourth-order valence-corrected chi connectivity index (χ4v) is 7.27. The monoisotopic (exact) mass is 720 g/mol. The highest BCUT2D eigenvalue weighted by Gasteiger charge is 2.33. The van der Waals surface area contributed by atoms with Gasteiger partial charge in [-0.1, -0.05) is 162 Å². The quantitative estimate of drug-likeness (QED) is 0.175. The van der Waals surface area contributed by atoms with Crippen molar-refractivity contribution in [3.8, 4) is 0 Å². The molecule has 3 heteroatoms. The van der Waals surface area contributed by atoms with Gasteiger partial charge in [0.15, 0.2) is 11.6 Å². The summed E-state index contributed by atoms with van der Waals surface area (Å²) in [5, 5.41) is 0. The highest BCUT2D eigenvalue weighted by Crippen LogP contribution is 2.43. The molecule has 0 fully saturated rings. The highest BCUT2D eigenvalue weighted by atomic mass is 16.3. The number of rotatable bonds is 6. The molecule has 4 aromatic carbocycles. The zero-order valence-electron chi connectivity index (χ0n) is 33.1. The Morgan fingerprint density at radius 1 is 0.436 bits per heavy atom. The number of hydrogen-bond donors (Lipinski definition) is 0. The van der Waals surface area contributed by atoms with Gasteiger partial charge in [-0.15, -0.1) is 0 Å². The number of hydrogen-bond acceptors (Lipinski definition) is 3. The van der Waals surface area contributed by atoms with Gasteiger partial charge < -0.3 is 4.42 Å². The number of Topliss-reactive ketones (excluding diaryl/α,β-unsaturated/α-hetero) is 2. The zero-order valence-corrected chi connectivity index (χ0v) is 33.1. The molecule has 0 bridgehead atoms. The third-order valence-electron chi connectivity index (χ3n) is 10.3. The molecule has 2 aliphatic carbocycles. The van der Waals surface area contributed by atoms with Crippen LogP contribution in [0.3, 0.4) is 0 Å². The third kappa shape index (κ3) is 7.66. The second-order valence-corrected chi connectivity index (χ2v) is 16.7. The van der Waals surface area contributed by atoms with Gasteiger partial charge in [-0.3, -0.25) is 9.59 Å². The van der Waals surface area contributed by atoms with Crippen LogP contribution in [-0.2, 0) is 9.59 Å². The second kappa shape index (κ2) is 14.6. The zero-order chi connectivity index (χ0) is 39.1. The van der Waals surface area contributed by atoms with Gasteiger partial charge in [-0.25, -0.2) is 0 Å². The molecule has 55 heavy (non-hydrogen) atoms. The Balaban J connectivity index is 1.52. The molecule has 1 heterocycles. The second-order valence-electron chi connectivity index (χ2n) is 16.7. The number of benzene rings is 4. The summed E-state index contributed by atoms with van der Waals surface area (Å²) < 4.78 is 7.06. The maximum Gasteiger partial charge on any atom is 0.190 e. The van der Waals surface area contributed by atoms with Crippen LogP contribution in [0, 0.1) is 24.7 Å². The first-order chi connectivity index (χ1) is 26.2. The number of carbonyl (C=O) groups excluding carboxylic acids is 2. The van der Waals surface area contributed by atoms with E-state index in [-0.39, 0.29) is 11.6 Å². The molecule has 5 aromatic rings. The van der Waals surface area contributed by atoms with E-state index < -0.39 is 10.8 Å². The van der Waals surface area contributed by atoms with Gasteiger partial charge >= 0.3 is 0 Å². The molecule has 0 unspecified atom stereocenters. The average Bonchev–Trinajstić information content (AvgIpc) is 3.63. The molecule has 0 aliphatic heterocycles. The Labute approximate surface area is 325 Å². The molecule has 0 amide bonds. The summed E-state index contributed by atoms with van der Waals surface area (Å²) in [6.07, 6.45) is 8.13. The third-order valence-corrected chi connectivity index (χ3v) is 10.3. The first kappa shape index (κ1) is 37.3. The van der Waals surface area contributed by atoms with Crippen LogP contribution in [0.25, 0.3) is 22.3 Å². The smallest absolute Gasteiger partial charge is 0.190 e. The van der Waals surface area contributed by atoms with Gasteiger partial charge in [0, 0.05) is 33.4 Å². The largest absolute Gasteiger partial charge is 0.456 e. The minimum absolute atomic E-state index is 0.0338. The SMILES string of the molecule is Cc1ccc(C(=C2C=C(c3ccccc3)C(=O)C(C(C)(C)C)=C2)c2ccc(C(=C3C=C(c4ccccc4)C(=O)C(C(C)(C)C)=C3)c3ccc(C)cc3)o2)cc1. The lowest BCUT2D eigenvalue weighted by Gasteiger charge is -2.27. The highest BCUT2D eigenvalue weighted by molar-refractivity contribution is 6.32. The number of allylic oxidation sites excluding steroid dienone is 10. The van der Waals surface area contributed by atoms with Gasteiger partial charge in [-0.05, 0) is 94.5 Å². The van der Waals surface area contributed by atoms with Crippen LogP contribution in [0.4, 0.5) is 0 Å². The standard InChI is InChI=1S/C52H48O3/c1-33-19-23-37(24-20-33)47(39-29-41(35-15-11-9-12-16-35)49(53)43(31-39)51(3,4)5)45-27-28-46(55-45)48(38-25-21-34(2)22-26-38)40-30-42(36-17-13-10-14-18-36)50(54)44(32-40)52(6,7)8/h9-32H,1-8H3. The summed E-state index contributed by atoms with van der Waals surface area (Å²) in [7, 11) is 0. The summed E-state index contributed by atoms with van der Waals surface area (Å²) in [6, 6.07) is 40.8. The summed E-state index contributed by atoms with van der Waals surface area (Å²) >= 11 is 0. The van der Waals surface area contributed by atoms with Gasteiger partial charge in [0.25, 0.3) is 0 Å². The van der Waals surface area contributed by atoms with Crippen molar-refractivity contribution in [1.82, 2.24) is 0 Å². The molecule has 274 valence electrons. The predicted octanol–water partition coefficient (Wildman–Crippen LogP) is 12.8. The maximum absolute atomic E-state index is 14.1. The fourth-order valence-electron chi connectivity index (χ4n) is 7.27. The number of furan rings is 1. The molecule has 0 saturated heterocycles. The molecular formula is C52H48O3. The number of aryl methyl sites for hydroxylation is 2. The van der Waals surface area contributed by atoms with Crippen LogP contribution < -0.4 is 0 Å². The van der Waals surface area contributed by atoms with Crippen LogP contribution in [0.2, 0.25) is 0 Å². The van der Waals surface area contributed by atoms with E-state index in [1.807, 2.05) is 97.1 Å². The summed E-state index contributed by atoms with van der Waals surface area (Å²) in [5.74, 6) is 1.43. The van der Waals surface area contributed by atoms with Gasteiger partial charge in [0.2, 0.25) is 0 Å². The Kier molecular flexibility index (Phi) is 9.92. The lowest BCUT2D eigenvalue weighted by molar-refractivity contribution is -0.112.